The van der Waals surface area contributed by atoms with Crippen LogP contribution in [0.25, 0.3) is 27.8 Å². The lowest BCUT2D eigenvalue weighted by Gasteiger charge is -2.37. The van der Waals surface area contributed by atoms with Crippen molar-refractivity contribution in [2.75, 3.05) is 13.2 Å². The quantitative estimate of drug-likeness (QED) is 0.178. The monoisotopic (exact) mass is 594 g/mol. The average molecular weight is 595 g/mol. The van der Waals surface area contributed by atoms with Crippen molar-refractivity contribution in [1.82, 2.24) is 18.9 Å². The minimum Gasteiger partial charge on any atom is -0.543 e. The number of hydrogen-bond acceptors (Lipinski definition) is 4. The van der Waals surface area contributed by atoms with Crippen molar-refractivity contribution in [2.24, 2.45) is 7.05 Å². The van der Waals surface area contributed by atoms with Crippen molar-refractivity contribution in [3.05, 3.63) is 100 Å². The van der Waals surface area contributed by atoms with Gasteiger partial charge in [0.25, 0.3) is 5.56 Å². The second kappa shape index (κ2) is 11.0. The van der Waals surface area contributed by atoms with Gasteiger partial charge in [0.05, 0.1) is 31.1 Å². The van der Waals surface area contributed by atoms with E-state index in [-0.39, 0.29) is 16.6 Å². The van der Waals surface area contributed by atoms with Gasteiger partial charge in [-0.15, -0.1) is 0 Å². The minimum absolute atomic E-state index is 0.0213. The van der Waals surface area contributed by atoms with Gasteiger partial charge in [-0.1, -0.05) is 56.7 Å². The van der Waals surface area contributed by atoms with E-state index in [0.717, 1.165) is 46.5 Å². The Morgan fingerprint density at radius 1 is 1.00 bits per heavy atom. The molecule has 0 spiro atoms. The highest BCUT2D eigenvalue weighted by molar-refractivity contribution is 6.74. The van der Waals surface area contributed by atoms with Crippen LogP contribution >= 0.6 is 0 Å². The summed E-state index contributed by atoms with van der Waals surface area (Å²) in [6.07, 6.45) is 7.56. The molecule has 0 bridgehead atoms. The third-order valence-corrected chi connectivity index (χ3v) is 13.6. The van der Waals surface area contributed by atoms with Crippen LogP contribution in [0.2, 0.25) is 18.1 Å². The van der Waals surface area contributed by atoms with Crippen molar-refractivity contribution < 1.29 is 9.16 Å². The summed E-state index contributed by atoms with van der Waals surface area (Å²) >= 11 is 0. The van der Waals surface area contributed by atoms with Crippen molar-refractivity contribution >= 4 is 19.2 Å². The third-order valence-electron chi connectivity index (χ3n) is 9.21. The number of pyridine rings is 1. The van der Waals surface area contributed by atoms with Crippen LogP contribution in [0.5, 0.6) is 5.75 Å². The maximum atomic E-state index is 13.8. The van der Waals surface area contributed by atoms with Crippen LogP contribution in [0.15, 0.2) is 78.0 Å². The normalized spacial score (nSPS) is 14.3. The van der Waals surface area contributed by atoms with Crippen LogP contribution in [-0.4, -0.2) is 40.4 Å². The number of nitrogens with zero attached hydrogens (tertiary/aromatic N) is 4. The number of aryl methyl sites for hydroxylation is 4. The summed E-state index contributed by atoms with van der Waals surface area (Å²) in [5.74, 6) is 0.973. The molecule has 0 radical (unpaired) electrons. The number of rotatable bonds is 8. The number of benzene rings is 2. The maximum Gasteiger partial charge on any atom is 0.275 e. The van der Waals surface area contributed by atoms with Gasteiger partial charge in [-0.3, -0.25) is 9.48 Å². The number of aromatic nitrogens is 4. The fourth-order valence-corrected chi connectivity index (χ4v) is 6.48. The van der Waals surface area contributed by atoms with Gasteiger partial charge in [0.2, 0.25) is 8.32 Å². The summed E-state index contributed by atoms with van der Waals surface area (Å²) in [5.41, 5.74) is 7.05. The van der Waals surface area contributed by atoms with E-state index in [2.05, 4.69) is 111 Å². The molecular weight excluding hydrogens is 552 g/mol. The molecule has 0 saturated carbocycles. The Bertz CT molecular complexity index is 1840. The fraction of sp³-hybridized carbons (Fsp3) is 0.371. The molecule has 1 aliphatic heterocycles. The summed E-state index contributed by atoms with van der Waals surface area (Å²) in [5, 5.41) is 5.74. The van der Waals surface area contributed by atoms with Crippen LogP contribution in [0, 0.1) is 6.92 Å². The predicted molar refractivity (Wildman–Crippen MR) is 176 cm³/mol. The Morgan fingerprint density at radius 3 is 2.37 bits per heavy atom. The summed E-state index contributed by atoms with van der Waals surface area (Å²) in [7, 11) is -0.150. The van der Waals surface area contributed by atoms with Crippen LogP contribution in [0.4, 0.5) is 0 Å². The van der Waals surface area contributed by atoms with E-state index in [1.807, 2.05) is 24.1 Å². The highest BCUT2D eigenvalue weighted by atomic mass is 28.4. The molecule has 0 N–H and O–H groups in total. The molecule has 0 unspecified atom stereocenters. The van der Waals surface area contributed by atoms with E-state index in [4.69, 9.17) is 9.16 Å². The average Bonchev–Trinajstić information content (AvgIpc) is 3.55. The Kier molecular flexibility index (Phi) is 7.46. The van der Waals surface area contributed by atoms with Crippen LogP contribution < -0.4 is 9.99 Å². The van der Waals surface area contributed by atoms with Crippen molar-refractivity contribution in [2.45, 2.75) is 64.7 Å². The summed E-state index contributed by atoms with van der Waals surface area (Å²) < 4.78 is 18.0. The Morgan fingerprint density at radius 2 is 1.70 bits per heavy atom. The summed E-state index contributed by atoms with van der Waals surface area (Å²) in [6, 6.07) is 19.2. The first-order valence-electron chi connectivity index (χ1n) is 15.1. The van der Waals surface area contributed by atoms with E-state index in [1.54, 1.807) is 4.57 Å². The molecule has 0 atom stereocenters. The highest BCUT2D eigenvalue weighted by Gasteiger charge is 2.39. The molecule has 1 saturated heterocycles. The van der Waals surface area contributed by atoms with E-state index >= 15 is 0 Å². The van der Waals surface area contributed by atoms with Crippen LogP contribution in [0.1, 0.15) is 43.5 Å². The number of para-hydroxylation sites is 1. The van der Waals surface area contributed by atoms with Gasteiger partial charge in [0.1, 0.15) is 11.3 Å². The maximum absolute atomic E-state index is 13.8. The molecule has 0 aliphatic carbocycles. The zero-order chi connectivity index (χ0) is 30.5. The number of fused-ring (bicyclic) bond motifs is 1. The first-order valence-corrected chi connectivity index (χ1v) is 18.0. The smallest absolute Gasteiger partial charge is 0.275 e. The lowest BCUT2D eigenvalue weighted by molar-refractivity contribution is -0.0286. The molecule has 8 heteroatoms. The lowest BCUT2D eigenvalue weighted by Crippen LogP contribution is -2.44. The lowest BCUT2D eigenvalue weighted by atomic mass is 10.0. The molecule has 0 amide bonds. The molecule has 224 valence electrons. The minimum atomic E-state index is -2.00. The standard InChI is InChI=1S/C35H42N4O3Si/c1-24-12-16-28(17-13-24)39-31(27-19-36-38(21-27)29-22-41-23-29)18-30-26(20-37(5)34(40)33(30)39)15-14-25-10-8-9-11-32(25)42-43(6,7)35(2,3)4/h8-13,16-21,29H,14-15,22-23H2,1-7H3. The first kappa shape index (κ1) is 29.2. The first-order chi connectivity index (χ1) is 20.4. The highest BCUT2D eigenvalue weighted by Crippen LogP contribution is 2.39. The molecule has 2 aromatic carbocycles. The fourth-order valence-electron chi connectivity index (χ4n) is 5.42. The molecule has 3 aromatic heterocycles. The van der Waals surface area contributed by atoms with E-state index < -0.39 is 8.32 Å². The summed E-state index contributed by atoms with van der Waals surface area (Å²) in [6.45, 7) is 14.8. The Hall–Kier alpha value is -3.88. The zero-order valence-corrected chi connectivity index (χ0v) is 27.3. The number of hydrogen-bond donors (Lipinski definition) is 0. The number of ether oxygens (including phenoxy) is 1. The SMILES string of the molecule is Cc1ccc(-n2c(-c3cnn(C4COC4)c3)cc3c(CCc4ccccc4O[Si](C)(C)C(C)(C)C)cn(C)c(=O)c32)cc1. The second-order valence-corrected chi connectivity index (χ2v) is 18.1. The van der Waals surface area contributed by atoms with Gasteiger partial charge >= 0.3 is 0 Å². The van der Waals surface area contributed by atoms with E-state index in [0.29, 0.717) is 18.7 Å². The van der Waals surface area contributed by atoms with Crippen molar-refractivity contribution in [3.8, 4) is 22.7 Å². The largest absolute Gasteiger partial charge is 0.543 e. The molecule has 43 heavy (non-hydrogen) atoms. The molecule has 6 rings (SSSR count). The molecular formula is C35H42N4O3Si. The topological polar surface area (TPSA) is 63.2 Å². The van der Waals surface area contributed by atoms with Crippen molar-refractivity contribution in [3.63, 3.8) is 0 Å². The van der Waals surface area contributed by atoms with Gasteiger partial charge in [-0.25, -0.2) is 0 Å². The third kappa shape index (κ3) is 5.50. The van der Waals surface area contributed by atoms with Gasteiger partial charge in [0.15, 0.2) is 0 Å². The van der Waals surface area contributed by atoms with Crippen LogP contribution in [0.3, 0.4) is 0 Å². The van der Waals surface area contributed by atoms with Gasteiger partial charge < -0.3 is 18.3 Å². The van der Waals surface area contributed by atoms with Gasteiger partial charge in [-0.2, -0.15) is 5.10 Å². The van der Waals surface area contributed by atoms with Crippen LogP contribution in [-0.2, 0) is 24.6 Å². The van der Waals surface area contributed by atoms with Gasteiger partial charge in [0, 0.05) is 36.1 Å². The Balaban J connectivity index is 1.44. The zero-order valence-electron chi connectivity index (χ0n) is 26.3. The molecule has 5 aromatic rings. The van der Waals surface area contributed by atoms with E-state index in [9.17, 15) is 4.79 Å². The molecule has 7 nitrogen and oxygen atoms in total. The molecule has 4 heterocycles. The Labute approximate surface area is 254 Å². The van der Waals surface area contributed by atoms with Gasteiger partial charge in [-0.05, 0) is 73.3 Å². The molecule has 1 aliphatic rings. The van der Waals surface area contributed by atoms with E-state index in [1.165, 1.54) is 11.1 Å². The predicted octanol–water partition coefficient (Wildman–Crippen LogP) is 7.24. The second-order valence-electron chi connectivity index (χ2n) is 13.4. The van der Waals surface area contributed by atoms with Crippen molar-refractivity contribution in [1.29, 1.82) is 0 Å². The molecule has 1 fully saturated rings. The summed E-state index contributed by atoms with van der Waals surface area (Å²) in [4.78, 5) is 13.8.